The maximum atomic E-state index is 12.0. The third kappa shape index (κ3) is 2.69. The van der Waals surface area contributed by atoms with Crippen LogP contribution in [0.25, 0.3) is 5.69 Å². The Labute approximate surface area is 129 Å². The summed E-state index contributed by atoms with van der Waals surface area (Å²) in [5.41, 5.74) is 7.17. The number of carbonyl (C=O) groups excluding carboxylic acids is 1. The van der Waals surface area contributed by atoms with Gasteiger partial charge in [0.2, 0.25) is 0 Å². The first-order chi connectivity index (χ1) is 9.60. The van der Waals surface area contributed by atoms with Crippen molar-refractivity contribution in [2.75, 3.05) is 18.6 Å². The van der Waals surface area contributed by atoms with Gasteiger partial charge in [-0.25, -0.2) is 9.48 Å². The Morgan fingerprint density at radius 2 is 2.20 bits per heavy atom. The van der Waals surface area contributed by atoms with Crippen LogP contribution in [0.3, 0.4) is 0 Å². The van der Waals surface area contributed by atoms with Crippen LogP contribution >= 0.6 is 27.7 Å². The number of hydrogen-bond donors (Lipinski definition) is 1. The highest BCUT2D eigenvalue weighted by Gasteiger charge is 2.24. The van der Waals surface area contributed by atoms with Gasteiger partial charge in [0.15, 0.2) is 0 Å². The fourth-order valence-corrected chi connectivity index (χ4v) is 2.76. The molecular formula is C13H14BrN3O2S. The van der Waals surface area contributed by atoms with E-state index in [-0.39, 0.29) is 5.82 Å². The maximum Gasteiger partial charge on any atom is 0.344 e. The lowest BCUT2D eigenvalue weighted by Gasteiger charge is -2.06. The van der Waals surface area contributed by atoms with E-state index < -0.39 is 5.97 Å². The van der Waals surface area contributed by atoms with Gasteiger partial charge in [0.1, 0.15) is 16.4 Å². The molecule has 7 heteroatoms. The van der Waals surface area contributed by atoms with Gasteiger partial charge in [-0.15, -0.1) is 11.8 Å². The smallest absolute Gasteiger partial charge is 0.344 e. The third-order valence-corrected chi connectivity index (χ3v) is 3.99. The highest BCUT2D eigenvalue weighted by Crippen LogP contribution is 2.30. The van der Waals surface area contributed by atoms with Crippen molar-refractivity contribution in [2.24, 2.45) is 0 Å². The van der Waals surface area contributed by atoms with E-state index in [1.165, 1.54) is 11.8 Å². The second-order valence-electron chi connectivity index (χ2n) is 3.85. The molecule has 5 nitrogen and oxygen atoms in total. The summed E-state index contributed by atoms with van der Waals surface area (Å²) < 4.78 is 7.42. The average Bonchev–Trinajstić information content (AvgIpc) is 2.76. The third-order valence-electron chi connectivity index (χ3n) is 2.64. The molecule has 0 bridgehead atoms. The number of esters is 1. The van der Waals surface area contributed by atoms with Crippen LogP contribution in [-0.2, 0) is 4.74 Å². The average molecular weight is 356 g/mol. The SMILES string of the molecule is CCOC(=O)c1c(SC)nn(-c2ccccc2Br)c1N. The maximum absolute atomic E-state index is 12.0. The zero-order valence-electron chi connectivity index (χ0n) is 11.1. The van der Waals surface area contributed by atoms with Crippen LogP contribution in [0.5, 0.6) is 0 Å². The second kappa shape index (κ2) is 6.32. The Balaban J connectivity index is 2.57. The number of anilines is 1. The molecule has 0 aliphatic rings. The fraction of sp³-hybridized carbons (Fsp3) is 0.231. The topological polar surface area (TPSA) is 70.1 Å². The summed E-state index contributed by atoms with van der Waals surface area (Å²) in [7, 11) is 0. The van der Waals surface area contributed by atoms with E-state index in [0.29, 0.717) is 17.2 Å². The van der Waals surface area contributed by atoms with Crippen molar-refractivity contribution >= 4 is 39.5 Å². The molecule has 2 rings (SSSR count). The Bertz CT molecular complexity index is 643. The van der Waals surface area contributed by atoms with Crippen LogP contribution in [-0.4, -0.2) is 28.6 Å². The van der Waals surface area contributed by atoms with Crippen molar-refractivity contribution in [3.05, 3.63) is 34.3 Å². The van der Waals surface area contributed by atoms with Crippen molar-refractivity contribution < 1.29 is 9.53 Å². The lowest BCUT2D eigenvalue weighted by atomic mass is 10.3. The number of thioether (sulfide) groups is 1. The Morgan fingerprint density at radius 3 is 2.80 bits per heavy atom. The van der Waals surface area contributed by atoms with E-state index in [4.69, 9.17) is 10.5 Å². The van der Waals surface area contributed by atoms with Gasteiger partial charge < -0.3 is 10.5 Å². The summed E-state index contributed by atoms with van der Waals surface area (Å²) in [5, 5.41) is 4.94. The van der Waals surface area contributed by atoms with Crippen LogP contribution in [0.1, 0.15) is 17.3 Å². The summed E-state index contributed by atoms with van der Waals surface area (Å²) in [6.45, 7) is 2.05. The molecule has 1 aromatic carbocycles. The summed E-state index contributed by atoms with van der Waals surface area (Å²) in [6.07, 6.45) is 1.84. The molecule has 0 fully saturated rings. The predicted octanol–water partition coefficient (Wildman–Crippen LogP) is 3.12. The van der Waals surface area contributed by atoms with Crippen molar-refractivity contribution in [3.8, 4) is 5.69 Å². The summed E-state index contributed by atoms with van der Waals surface area (Å²) in [4.78, 5) is 12.0. The number of rotatable bonds is 4. The molecule has 0 saturated heterocycles. The number of ether oxygens (including phenoxy) is 1. The molecule has 20 heavy (non-hydrogen) atoms. The van der Waals surface area contributed by atoms with Gasteiger partial charge in [-0.3, -0.25) is 0 Å². The van der Waals surface area contributed by atoms with Crippen molar-refractivity contribution in [1.29, 1.82) is 0 Å². The first-order valence-corrected chi connectivity index (χ1v) is 7.96. The number of nitrogens with zero attached hydrogens (tertiary/aromatic N) is 2. The molecule has 0 unspecified atom stereocenters. The molecule has 0 radical (unpaired) electrons. The van der Waals surface area contributed by atoms with Gasteiger partial charge in [-0.2, -0.15) is 5.10 Å². The van der Waals surface area contributed by atoms with Crippen molar-refractivity contribution in [3.63, 3.8) is 0 Å². The second-order valence-corrected chi connectivity index (χ2v) is 5.50. The molecule has 1 aromatic heterocycles. The van der Waals surface area contributed by atoms with Crippen molar-refractivity contribution in [2.45, 2.75) is 11.9 Å². The predicted molar refractivity (Wildman–Crippen MR) is 83.4 cm³/mol. The number of nitrogen functional groups attached to an aromatic ring is 1. The summed E-state index contributed by atoms with van der Waals surface area (Å²) in [5.74, 6) is -0.174. The van der Waals surface area contributed by atoms with Gasteiger partial charge >= 0.3 is 5.97 Å². The molecule has 0 saturated carbocycles. The van der Waals surface area contributed by atoms with Crippen LogP contribution in [0.15, 0.2) is 33.8 Å². The number of halogens is 1. The quantitative estimate of drug-likeness (QED) is 0.673. The first kappa shape index (κ1) is 14.9. The van der Waals surface area contributed by atoms with Gasteiger partial charge in [-0.1, -0.05) is 12.1 Å². The van der Waals surface area contributed by atoms with Crippen LogP contribution in [0.2, 0.25) is 0 Å². The molecule has 1 heterocycles. The molecule has 2 N–H and O–H groups in total. The lowest BCUT2D eigenvalue weighted by molar-refractivity contribution is 0.0523. The van der Waals surface area contributed by atoms with Crippen LogP contribution in [0.4, 0.5) is 5.82 Å². The van der Waals surface area contributed by atoms with Crippen molar-refractivity contribution in [1.82, 2.24) is 9.78 Å². The highest BCUT2D eigenvalue weighted by molar-refractivity contribution is 9.10. The number of para-hydroxylation sites is 1. The number of aromatic nitrogens is 2. The van der Waals surface area contributed by atoms with Gasteiger partial charge in [0.05, 0.1) is 12.3 Å². The minimum Gasteiger partial charge on any atom is -0.462 e. The summed E-state index contributed by atoms with van der Waals surface area (Å²) in [6, 6.07) is 7.53. The first-order valence-electron chi connectivity index (χ1n) is 5.94. The van der Waals surface area contributed by atoms with E-state index in [9.17, 15) is 4.79 Å². The van der Waals surface area contributed by atoms with E-state index in [1.807, 2.05) is 30.5 Å². The minimum absolute atomic E-state index is 0.278. The number of carbonyl (C=O) groups is 1. The van der Waals surface area contributed by atoms with Gasteiger partial charge in [-0.05, 0) is 41.2 Å². The number of benzene rings is 1. The number of hydrogen-bond acceptors (Lipinski definition) is 5. The molecule has 0 aliphatic carbocycles. The van der Waals surface area contributed by atoms with Gasteiger partial charge in [0.25, 0.3) is 0 Å². The van der Waals surface area contributed by atoms with Gasteiger partial charge in [0, 0.05) is 4.47 Å². The van der Waals surface area contributed by atoms with E-state index >= 15 is 0 Å². The minimum atomic E-state index is -0.451. The molecule has 0 atom stereocenters. The summed E-state index contributed by atoms with van der Waals surface area (Å²) >= 11 is 4.81. The molecule has 0 amide bonds. The zero-order valence-corrected chi connectivity index (χ0v) is 13.5. The Morgan fingerprint density at radius 1 is 1.50 bits per heavy atom. The molecular weight excluding hydrogens is 342 g/mol. The largest absolute Gasteiger partial charge is 0.462 e. The molecule has 2 aromatic rings. The Kier molecular flexibility index (Phi) is 4.72. The lowest BCUT2D eigenvalue weighted by Crippen LogP contribution is -2.09. The highest BCUT2D eigenvalue weighted by atomic mass is 79.9. The van der Waals surface area contributed by atoms with Crippen LogP contribution < -0.4 is 5.73 Å². The normalized spacial score (nSPS) is 10.6. The molecule has 0 spiro atoms. The molecule has 106 valence electrons. The molecule has 0 aliphatic heterocycles. The monoisotopic (exact) mass is 355 g/mol. The standard InChI is InChI=1S/C13H14BrN3O2S/c1-3-19-13(18)10-11(15)17(16-12(10)20-2)9-7-5-4-6-8(9)14/h4-7H,3,15H2,1-2H3. The zero-order chi connectivity index (χ0) is 14.7. The number of nitrogens with two attached hydrogens (primary N) is 1. The van der Waals surface area contributed by atoms with Crippen LogP contribution in [0, 0.1) is 0 Å². The van der Waals surface area contributed by atoms with E-state index in [0.717, 1.165) is 10.2 Å². The fourth-order valence-electron chi connectivity index (χ4n) is 1.76. The van der Waals surface area contributed by atoms with E-state index in [1.54, 1.807) is 11.6 Å². The Hall–Kier alpha value is -1.47. The van der Waals surface area contributed by atoms with E-state index in [2.05, 4.69) is 21.0 Å².